The first-order valence-corrected chi connectivity index (χ1v) is 7.07. The molecule has 1 saturated carbocycles. The van der Waals surface area contributed by atoms with Gasteiger partial charge in [-0.3, -0.25) is 4.79 Å². The van der Waals surface area contributed by atoms with Crippen molar-refractivity contribution in [1.82, 2.24) is 10.1 Å². The third-order valence-electron chi connectivity index (χ3n) is 4.14. The molecular weight excluding hydrogens is 252 g/mol. The molecule has 1 aliphatic carbocycles. The summed E-state index contributed by atoms with van der Waals surface area (Å²) in [6.45, 7) is 3.53. The third-order valence-corrected chi connectivity index (χ3v) is 4.14. The molecule has 1 aromatic heterocycles. The lowest BCUT2D eigenvalue weighted by atomic mass is 9.95. The molecule has 4 heteroatoms. The Labute approximate surface area is 118 Å². The van der Waals surface area contributed by atoms with Crippen LogP contribution in [0.4, 0.5) is 0 Å². The van der Waals surface area contributed by atoms with Crippen LogP contribution >= 0.6 is 0 Å². The molecule has 2 aromatic rings. The second kappa shape index (κ2) is 4.85. The molecule has 0 bridgehead atoms. The van der Waals surface area contributed by atoms with E-state index >= 15 is 0 Å². The quantitative estimate of drug-likeness (QED) is 0.837. The zero-order valence-electron chi connectivity index (χ0n) is 11.8. The lowest BCUT2D eigenvalue weighted by Crippen LogP contribution is -2.12. The molecule has 104 valence electrons. The molecule has 0 saturated heterocycles. The van der Waals surface area contributed by atoms with Crippen LogP contribution in [0.1, 0.15) is 56.3 Å². The molecule has 0 radical (unpaired) electrons. The maximum atomic E-state index is 11.6. The number of rotatable bonds is 5. The molecule has 1 aliphatic rings. The zero-order valence-corrected chi connectivity index (χ0v) is 11.8. The second-order valence-electron chi connectivity index (χ2n) is 5.48. The first kappa shape index (κ1) is 13.0. The van der Waals surface area contributed by atoms with Gasteiger partial charge in [-0.25, -0.2) is 0 Å². The van der Waals surface area contributed by atoms with E-state index in [9.17, 15) is 4.79 Å². The van der Waals surface area contributed by atoms with Gasteiger partial charge in [0, 0.05) is 0 Å². The van der Waals surface area contributed by atoms with Crippen molar-refractivity contribution in [2.45, 2.75) is 44.4 Å². The van der Waals surface area contributed by atoms with E-state index < -0.39 is 0 Å². The van der Waals surface area contributed by atoms with E-state index in [1.54, 1.807) is 6.92 Å². The fourth-order valence-electron chi connectivity index (χ4n) is 2.73. The number of carbonyl (C=O) groups is 1. The van der Waals surface area contributed by atoms with Gasteiger partial charge in [0.2, 0.25) is 5.89 Å². The summed E-state index contributed by atoms with van der Waals surface area (Å²) < 4.78 is 5.34. The van der Waals surface area contributed by atoms with Crippen LogP contribution in [0.5, 0.6) is 0 Å². The molecule has 1 unspecified atom stereocenters. The minimum Gasteiger partial charge on any atom is -0.339 e. The molecule has 4 nitrogen and oxygen atoms in total. The minimum absolute atomic E-state index is 0.0762. The lowest BCUT2D eigenvalue weighted by Gasteiger charge is -2.10. The Balaban J connectivity index is 1.93. The fourth-order valence-corrected chi connectivity index (χ4v) is 2.73. The molecule has 1 aromatic carbocycles. The van der Waals surface area contributed by atoms with E-state index in [-0.39, 0.29) is 17.1 Å². The van der Waals surface area contributed by atoms with Crippen LogP contribution in [-0.4, -0.2) is 15.9 Å². The standard InChI is InChI=1S/C16H18N2O2/c1-3-13(11(2)19)14-17-15(18-20-14)16(9-10-16)12-7-5-4-6-8-12/h4-8,13H,3,9-10H2,1-2H3. The molecule has 20 heavy (non-hydrogen) atoms. The van der Waals surface area contributed by atoms with Gasteiger partial charge in [0.15, 0.2) is 5.82 Å². The van der Waals surface area contributed by atoms with E-state index in [0.717, 1.165) is 18.7 Å². The number of aromatic nitrogens is 2. The maximum absolute atomic E-state index is 11.6. The van der Waals surface area contributed by atoms with E-state index in [0.29, 0.717) is 12.3 Å². The maximum Gasteiger partial charge on any atom is 0.237 e. The van der Waals surface area contributed by atoms with Crippen LogP contribution in [0, 0.1) is 0 Å². The average Bonchev–Trinajstić information content (AvgIpc) is 3.13. The predicted octanol–water partition coefficient (Wildman–Crippen LogP) is 3.23. The van der Waals surface area contributed by atoms with E-state index in [4.69, 9.17) is 4.52 Å². The largest absolute Gasteiger partial charge is 0.339 e. The Morgan fingerprint density at radius 2 is 2.05 bits per heavy atom. The van der Waals surface area contributed by atoms with Gasteiger partial charge in [-0.05, 0) is 31.7 Å². The number of carbonyl (C=O) groups excluding carboxylic acids is 1. The highest BCUT2D eigenvalue weighted by Gasteiger charge is 2.50. The summed E-state index contributed by atoms with van der Waals surface area (Å²) in [6, 6.07) is 10.3. The van der Waals surface area contributed by atoms with Gasteiger partial charge in [-0.1, -0.05) is 42.4 Å². The topological polar surface area (TPSA) is 56.0 Å². The van der Waals surface area contributed by atoms with Crippen molar-refractivity contribution in [2.24, 2.45) is 0 Å². The zero-order chi connectivity index (χ0) is 14.2. The van der Waals surface area contributed by atoms with E-state index in [2.05, 4.69) is 22.3 Å². The SMILES string of the molecule is CCC(C(C)=O)c1nc(C2(c3ccccc3)CC2)no1. The second-order valence-corrected chi connectivity index (χ2v) is 5.48. The number of hydrogen-bond acceptors (Lipinski definition) is 4. The van der Waals surface area contributed by atoms with E-state index in [1.165, 1.54) is 5.56 Å². The third kappa shape index (κ3) is 2.05. The van der Waals surface area contributed by atoms with Gasteiger partial charge in [0.05, 0.1) is 11.3 Å². The number of ketones is 1. The predicted molar refractivity (Wildman–Crippen MR) is 74.5 cm³/mol. The molecule has 0 N–H and O–H groups in total. The number of Topliss-reactive ketones (excluding diaryl/α,β-unsaturated/α-hetero) is 1. The first-order valence-electron chi connectivity index (χ1n) is 7.07. The summed E-state index contributed by atoms with van der Waals surface area (Å²) in [4.78, 5) is 16.1. The number of hydrogen-bond donors (Lipinski definition) is 0. The van der Waals surface area contributed by atoms with Crippen LogP contribution in [0.3, 0.4) is 0 Å². The van der Waals surface area contributed by atoms with Crippen molar-refractivity contribution >= 4 is 5.78 Å². The fraction of sp³-hybridized carbons (Fsp3) is 0.438. The van der Waals surface area contributed by atoms with Crippen LogP contribution < -0.4 is 0 Å². The smallest absolute Gasteiger partial charge is 0.237 e. The summed E-state index contributed by atoms with van der Waals surface area (Å²) in [7, 11) is 0. The Hall–Kier alpha value is -1.97. The van der Waals surface area contributed by atoms with Gasteiger partial charge in [-0.2, -0.15) is 4.98 Å². The summed E-state index contributed by atoms with van der Waals surface area (Å²) in [5.41, 5.74) is 1.13. The number of nitrogens with zero attached hydrogens (tertiary/aromatic N) is 2. The van der Waals surface area contributed by atoms with Crippen molar-refractivity contribution in [3.05, 3.63) is 47.6 Å². The van der Waals surface area contributed by atoms with Gasteiger partial charge < -0.3 is 4.52 Å². The molecule has 1 fully saturated rings. The van der Waals surface area contributed by atoms with Crippen LogP contribution in [-0.2, 0) is 10.2 Å². The first-order chi connectivity index (χ1) is 9.67. The molecule has 0 aliphatic heterocycles. The van der Waals surface area contributed by atoms with Gasteiger partial charge in [0.25, 0.3) is 0 Å². The normalized spacial score (nSPS) is 17.7. The van der Waals surface area contributed by atoms with Gasteiger partial charge in [0.1, 0.15) is 5.78 Å². The molecular formula is C16H18N2O2. The lowest BCUT2D eigenvalue weighted by molar-refractivity contribution is -0.119. The monoisotopic (exact) mass is 270 g/mol. The molecule has 0 amide bonds. The Kier molecular flexibility index (Phi) is 3.16. The summed E-state index contributed by atoms with van der Waals surface area (Å²) in [5.74, 6) is 0.977. The highest BCUT2D eigenvalue weighted by molar-refractivity contribution is 5.82. The Morgan fingerprint density at radius 1 is 1.35 bits per heavy atom. The summed E-state index contributed by atoms with van der Waals surface area (Å²) in [5, 5.41) is 4.14. The molecule has 1 atom stereocenters. The summed E-state index contributed by atoms with van der Waals surface area (Å²) >= 11 is 0. The highest BCUT2D eigenvalue weighted by Crippen LogP contribution is 2.52. The Bertz CT molecular complexity index is 614. The van der Waals surface area contributed by atoms with Crippen molar-refractivity contribution in [3.63, 3.8) is 0 Å². The van der Waals surface area contributed by atoms with Crippen LogP contribution in [0.25, 0.3) is 0 Å². The molecule has 1 heterocycles. The molecule has 0 spiro atoms. The minimum atomic E-state index is -0.275. The van der Waals surface area contributed by atoms with Crippen LogP contribution in [0.2, 0.25) is 0 Å². The van der Waals surface area contributed by atoms with Gasteiger partial charge in [-0.15, -0.1) is 0 Å². The van der Waals surface area contributed by atoms with E-state index in [1.807, 2.05) is 25.1 Å². The molecule has 3 rings (SSSR count). The van der Waals surface area contributed by atoms with Crippen molar-refractivity contribution < 1.29 is 9.32 Å². The average molecular weight is 270 g/mol. The van der Waals surface area contributed by atoms with Crippen molar-refractivity contribution in [2.75, 3.05) is 0 Å². The Morgan fingerprint density at radius 3 is 2.60 bits per heavy atom. The summed E-state index contributed by atoms with van der Waals surface area (Å²) in [6.07, 6.45) is 2.76. The van der Waals surface area contributed by atoms with Crippen molar-refractivity contribution in [1.29, 1.82) is 0 Å². The highest BCUT2D eigenvalue weighted by atomic mass is 16.5. The number of benzene rings is 1. The van der Waals surface area contributed by atoms with Gasteiger partial charge >= 0.3 is 0 Å². The van der Waals surface area contributed by atoms with Crippen LogP contribution in [0.15, 0.2) is 34.9 Å². The van der Waals surface area contributed by atoms with Crippen molar-refractivity contribution in [3.8, 4) is 0 Å².